The van der Waals surface area contributed by atoms with Crippen LogP contribution in [0.5, 0.6) is 0 Å². The van der Waals surface area contributed by atoms with E-state index in [0.717, 1.165) is 16.8 Å². The Balaban J connectivity index is 2.38. The van der Waals surface area contributed by atoms with E-state index in [9.17, 15) is 4.79 Å². The molecule has 0 aliphatic rings. The lowest BCUT2D eigenvalue weighted by Gasteiger charge is -2.08. The Hall–Kier alpha value is -1.62. The van der Waals surface area contributed by atoms with Crippen molar-refractivity contribution in [1.82, 2.24) is 9.97 Å². The maximum Gasteiger partial charge on any atom is 0.267 e. The molecule has 1 aromatic heterocycles. The molecular weight excluding hydrogens is 282 g/mol. The number of halogens is 1. The molecule has 0 bridgehead atoms. The number of nitrogens with one attached hydrogen (secondary N) is 2. The van der Waals surface area contributed by atoms with E-state index in [-0.39, 0.29) is 5.56 Å². The second kappa shape index (κ2) is 4.71. The van der Waals surface area contributed by atoms with Crippen molar-refractivity contribution in [2.24, 2.45) is 0 Å². The summed E-state index contributed by atoms with van der Waals surface area (Å²) >= 11 is 3.21. The third-order valence-corrected chi connectivity index (χ3v) is 3.02. The van der Waals surface area contributed by atoms with Crippen molar-refractivity contribution < 1.29 is 0 Å². The lowest BCUT2D eigenvalue weighted by atomic mass is 10.1. The van der Waals surface area contributed by atoms with Gasteiger partial charge in [-0.05, 0) is 53.0 Å². The summed E-state index contributed by atoms with van der Waals surface area (Å²) in [5.41, 5.74) is 3.04. The van der Waals surface area contributed by atoms with Crippen LogP contribution in [0.2, 0.25) is 0 Å². The van der Waals surface area contributed by atoms with Gasteiger partial charge in [0.25, 0.3) is 5.56 Å². The van der Waals surface area contributed by atoms with Crippen LogP contribution >= 0.6 is 15.9 Å². The molecule has 4 nitrogen and oxygen atoms in total. The average Bonchev–Trinajstić information content (AvgIpc) is 2.23. The molecule has 0 spiro atoms. The fourth-order valence-electron chi connectivity index (χ4n) is 1.65. The summed E-state index contributed by atoms with van der Waals surface area (Å²) in [6.07, 6.45) is 1.37. The van der Waals surface area contributed by atoms with Gasteiger partial charge in [0.1, 0.15) is 4.47 Å². The maximum absolute atomic E-state index is 11.4. The number of hydrogen-bond donors (Lipinski definition) is 2. The molecule has 0 radical (unpaired) electrons. The molecule has 2 rings (SSSR count). The van der Waals surface area contributed by atoms with E-state index in [2.05, 4.69) is 37.3 Å². The molecule has 88 valence electrons. The molecule has 17 heavy (non-hydrogen) atoms. The topological polar surface area (TPSA) is 57.8 Å². The van der Waals surface area contributed by atoms with Crippen molar-refractivity contribution in [1.29, 1.82) is 0 Å². The van der Waals surface area contributed by atoms with Gasteiger partial charge in [0, 0.05) is 5.69 Å². The quantitative estimate of drug-likeness (QED) is 0.895. The summed E-state index contributed by atoms with van der Waals surface area (Å²) in [4.78, 5) is 18.0. The van der Waals surface area contributed by atoms with Gasteiger partial charge in [-0.2, -0.15) is 0 Å². The van der Waals surface area contributed by atoms with Crippen molar-refractivity contribution >= 4 is 27.4 Å². The summed E-state index contributed by atoms with van der Waals surface area (Å²) in [6, 6.07) is 6.09. The summed E-state index contributed by atoms with van der Waals surface area (Å²) in [7, 11) is 0. The SMILES string of the molecule is Cc1cc(C)cc(Nc2nc[nH]c(=O)c2Br)c1. The van der Waals surface area contributed by atoms with E-state index in [1.54, 1.807) is 0 Å². The van der Waals surface area contributed by atoms with Gasteiger partial charge in [-0.25, -0.2) is 4.98 Å². The van der Waals surface area contributed by atoms with Gasteiger partial charge in [-0.15, -0.1) is 0 Å². The van der Waals surface area contributed by atoms with Gasteiger partial charge < -0.3 is 10.3 Å². The Bertz CT molecular complexity index is 587. The molecule has 0 saturated heterocycles. The molecule has 0 amide bonds. The molecule has 2 N–H and O–H groups in total. The summed E-state index contributed by atoms with van der Waals surface area (Å²) in [5, 5.41) is 3.12. The average molecular weight is 294 g/mol. The number of aromatic nitrogens is 2. The number of H-pyrrole nitrogens is 1. The maximum atomic E-state index is 11.4. The fraction of sp³-hybridized carbons (Fsp3) is 0.167. The van der Waals surface area contributed by atoms with Crippen molar-refractivity contribution in [3.63, 3.8) is 0 Å². The smallest absolute Gasteiger partial charge is 0.267 e. The highest BCUT2D eigenvalue weighted by atomic mass is 79.9. The number of benzene rings is 1. The highest BCUT2D eigenvalue weighted by Gasteiger charge is 2.05. The second-order valence-corrected chi connectivity index (χ2v) is 4.69. The molecule has 0 aliphatic carbocycles. The number of hydrogen-bond acceptors (Lipinski definition) is 3. The number of aromatic amines is 1. The zero-order chi connectivity index (χ0) is 12.4. The van der Waals surface area contributed by atoms with Crippen molar-refractivity contribution in [2.75, 3.05) is 5.32 Å². The lowest BCUT2D eigenvalue weighted by molar-refractivity contribution is 1.10. The van der Waals surface area contributed by atoms with Gasteiger partial charge in [0.15, 0.2) is 5.82 Å². The molecular formula is C12H12BrN3O. The van der Waals surface area contributed by atoms with E-state index < -0.39 is 0 Å². The Morgan fingerprint density at radius 3 is 2.53 bits per heavy atom. The predicted octanol–water partition coefficient (Wildman–Crippen LogP) is 2.89. The third kappa shape index (κ3) is 2.74. The molecule has 1 aromatic carbocycles. The summed E-state index contributed by atoms with van der Waals surface area (Å²) < 4.78 is 0.402. The van der Waals surface area contributed by atoms with Gasteiger partial charge in [0.2, 0.25) is 0 Å². The monoisotopic (exact) mass is 293 g/mol. The third-order valence-electron chi connectivity index (χ3n) is 2.28. The molecule has 1 heterocycles. The number of aryl methyl sites for hydroxylation is 2. The first kappa shape index (κ1) is 11.9. The Kier molecular flexibility index (Phi) is 3.28. The predicted molar refractivity (Wildman–Crippen MR) is 71.8 cm³/mol. The first-order valence-electron chi connectivity index (χ1n) is 5.15. The standard InChI is InChI=1S/C12H12BrN3O/c1-7-3-8(2)5-9(4-7)16-11-10(13)12(17)15-6-14-11/h3-6H,1-2H3,(H2,14,15,16,17). The van der Waals surface area contributed by atoms with E-state index >= 15 is 0 Å². The van der Waals surface area contributed by atoms with E-state index in [1.807, 2.05) is 26.0 Å². The molecule has 0 atom stereocenters. The van der Waals surface area contributed by atoms with Crippen molar-refractivity contribution in [3.8, 4) is 0 Å². The number of nitrogens with zero attached hydrogens (tertiary/aromatic N) is 1. The van der Waals surface area contributed by atoms with Crippen LogP contribution in [-0.4, -0.2) is 9.97 Å². The highest BCUT2D eigenvalue weighted by Crippen LogP contribution is 2.21. The highest BCUT2D eigenvalue weighted by molar-refractivity contribution is 9.10. The van der Waals surface area contributed by atoms with Crippen molar-refractivity contribution in [2.45, 2.75) is 13.8 Å². The van der Waals surface area contributed by atoms with Gasteiger partial charge in [0.05, 0.1) is 6.33 Å². The van der Waals surface area contributed by atoms with Crippen LogP contribution in [0.4, 0.5) is 11.5 Å². The largest absolute Gasteiger partial charge is 0.339 e. The minimum atomic E-state index is -0.202. The molecule has 2 aromatic rings. The number of rotatable bonds is 2. The van der Waals surface area contributed by atoms with Crippen LogP contribution < -0.4 is 10.9 Å². The first-order valence-corrected chi connectivity index (χ1v) is 5.94. The normalized spacial score (nSPS) is 10.3. The molecule has 0 saturated carbocycles. The number of anilines is 2. The van der Waals surface area contributed by atoms with Crippen molar-refractivity contribution in [3.05, 3.63) is 50.5 Å². The van der Waals surface area contributed by atoms with Crippen LogP contribution in [0, 0.1) is 13.8 Å². The lowest BCUT2D eigenvalue weighted by Crippen LogP contribution is -2.10. The van der Waals surface area contributed by atoms with Gasteiger partial charge in [-0.1, -0.05) is 6.07 Å². The first-order chi connectivity index (χ1) is 8.06. The van der Waals surface area contributed by atoms with E-state index in [0.29, 0.717) is 10.3 Å². The Morgan fingerprint density at radius 2 is 1.88 bits per heavy atom. The molecule has 0 fully saturated rings. The Morgan fingerprint density at radius 1 is 1.24 bits per heavy atom. The zero-order valence-electron chi connectivity index (χ0n) is 9.54. The van der Waals surface area contributed by atoms with Crippen LogP contribution in [0.3, 0.4) is 0 Å². The minimum Gasteiger partial charge on any atom is -0.339 e. The molecule has 5 heteroatoms. The van der Waals surface area contributed by atoms with Crippen LogP contribution in [0.15, 0.2) is 33.8 Å². The Labute approximate surface area is 107 Å². The molecule has 0 aliphatic heterocycles. The second-order valence-electron chi connectivity index (χ2n) is 3.90. The minimum absolute atomic E-state index is 0.202. The van der Waals surface area contributed by atoms with Gasteiger partial charge >= 0.3 is 0 Å². The fourth-order valence-corrected chi connectivity index (χ4v) is 1.97. The van der Waals surface area contributed by atoms with E-state index in [4.69, 9.17) is 0 Å². The zero-order valence-corrected chi connectivity index (χ0v) is 11.1. The molecule has 0 unspecified atom stereocenters. The summed E-state index contributed by atoms with van der Waals surface area (Å²) in [5.74, 6) is 0.513. The van der Waals surface area contributed by atoms with E-state index in [1.165, 1.54) is 6.33 Å². The summed E-state index contributed by atoms with van der Waals surface area (Å²) in [6.45, 7) is 4.05. The van der Waals surface area contributed by atoms with Crippen LogP contribution in [0.1, 0.15) is 11.1 Å². The van der Waals surface area contributed by atoms with Gasteiger partial charge in [-0.3, -0.25) is 4.79 Å². The van der Waals surface area contributed by atoms with Crippen LogP contribution in [-0.2, 0) is 0 Å². The van der Waals surface area contributed by atoms with Crippen LogP contribution in [0.25, 0.3) is 0 Å².